The number of rotatable bonds is 2. The Morgan fingerprint density at radius 2 is 2.21 bits per heavy atom. The molecule has 0 heterocycles. The molecular weight excluding hydrogens is 207 g/mol. The smallest absolute Gasteiger partial charge is 0.331 e. The van der Waals surface area contributed by atoms with Crippen LogP contribution < -0.4 is 0 Å². The van der Waals surface area contributed by atoms with Gasteiger partial charge < -0.3 is 5.11 Å². The predicted molar refractivity (Wildman–Crippen MR) is 52.7 cm³/mol. The lowest BCUT2D eigenvalue weighted by atomic mass is 10.1. The lowest BCUT2D eigenvalue weighted by molar-refractivity contribution is -0.132. The van der Waals surface area contributed by atoms with Crippen molar-refractivity contribution in [2.75, 3.05) is 0 Å². The minimum absolute atomic E-state index is 0.109. The Morgan fingerprint density at radius 3 is 2.79 bits per heavy atom. The molecule has 0 aliphatic carbocycles. The number of aliphatic carboxylic acids is 1. The zero-order chi connectivity index (χ0) is 10.7. The summed E-state index contributed by atoms with van der Waals surface area (Å²) in [6.45, 7) is 1.42. The molecule has 14 heavy (non-hydrogen) atoms. The first-order chi connectivity index (χ1) is 6.50. The fourth-order valence-corrected chi connectivity index (χ4v) is 1.09. The van der Waals surface area contributed by atoms with Crippen LogP contribution in [0.25, 0.3) is 6.08 Å². The topological polar surface area (TPSA) is 37.3 Å². The van der Waals surface area contributed by atoms with Gasteiger partial charge in [0.2, 0.25) is 0 Å². The first-order valence-electron chi connectivity index (χ1n) is 3.87. The van der Waals surface area contributed by atoms with Crippen molar-refractivity contribution in [3.8, 4) is 0 Å². The second-order valence-corrected chi connectivity index (χ2v) is 3.21. The molecule has 1 aromatic carbocycles. The minimum atomic E-state index is -1.05. The van der Waals surface area contributed by atoms with E-state index in [0.29, 0.717) is 10.6 Å². The van der Waals surface area contributed by atoms with E-state index in [1.165, 1.54) is 31.2 Å². The van der Waals surface area contributed by atoms with E-state index in [4.69, 9.17) is 16.7 Å². The molecule has 0 saturated heterocycles. The molecule has 74 valence electrons. The third-order valence-electron chi connectivity index (χ3n) is 1.67. The van der Waals surface area contributed by atoms with Crippen molar-refractivity contribution < 1.29 is 14.3 Å². The van der Waals surface area contributed by atoms with Crippen molar-refractivity contribution in [2.24, 2.45) is 0 Å². The van der Waals surface area contributed by atoms with Gasteiger partial charge in [-0.2, -0.15) is 0 Å². The molecule has 1 aromatic rings. The second-order valence-electron chi connectivity index (χ2n) is 2.80. The van der Waals surface area contributed by atoms with Gasteiger partial charge >= 0.3 is 5.97 Å². The maximum atomic E-state index is 12.8. The largest absolute Gasteiger partial charge is 0.478 e. The van der Waals surface area contributed by atoms with E-state index in [0.717, 1.165) is 0 Å². The minimum Gasteiger partial charge on any atom is -0.478 e. The molecule has 0 unspecified atom stereocenters. The Bertz CT molecular complexity index is 399. The van der Waals surface area contributed by atoms with Gasteiger partial charge in [0.15, 0.2) is 0 Å². The van der Waals surface area contributed by atoms with Crippen LogP contribution in [0.5, 0.6) is 0 Å². The Labute approximate surface area is 85.6 Å². The van der Waals surface area contributed by atoms with Crippen molar-refractivity contribution >= 4 is 23.6 Å². The van der Waals surface area contributed by atoms with E-state index in [-0.39, 0.29) is 5.57 Å². The highest BCUT2D eigenvalue weighted by Gasteiger charge is 2.03. The molecule has 2 nitrogen and oxygen atoms in total. The molecule has 0 aliphatic rings. The van der Waals surface area contributed by atoms with Gasteiger partial charge in [-0.25, -0.2) is 9.18 Å². The van der Waals surface area contributed by atoms with Crippen molar-refractivity contribution in [1.82, 2.24) is 0 Å². The van der Waals surface area contributed by atoms with Gasteiger partial charge in [0, 0.05) is 10.6 Å². The lowest BCUT2D eigenvalue weighted by Crippen LogP contribution is -1.95. The first kappa shape index (κ1) is 10.7. The van der Waals surface area contributed by atoms with E-state index in [1.54, 1.807) is 0 Å². The normalized spacial score (nSPS) is 11.5. The summed E-state index contributed by atoms with van der Waals surface area (Å²) in [5.74, 6) is -1.50. The number of hydrogen-bond donors (Lipinski definition) is 1. The average Bonchev–Trinajstić information content (AvgIpc) is 2.11. The quantitative estimate of drug-likeness (QED) is 0.769. The number of hydrogen-bond acceptors (Lipinski definition) is 1. The maximum Gasteiger partial charge on any atom is 0.331 e. The van der Waals surface area contributed by atoms with Crippen LogP contribution in [0, 0.1) is 5.82 Å². The Hall–Kier alpha value is -1.35. The van der Waals surface area contributed by atoms with Crippen molar-refractivity contribution in [2.45, 2.75) is 6.92 Å². The van der Waals surface area contributed by atoms with E-state index in [2.05, 4.69) is 0 Å². The molecule has 0 fully saturated rings. The molecule has 0 radical (unpaired) electrons. The molecular formula is C10H8ClFO2. The van der Waals surface area contributed by atoms with Crippen LogP contribution in [0.3, 0.4) is 0 Å². The molecule has 0 bridgehead atoms. The third-order valence-corrected chi connectivity index (χ3v) is 2.01. The van der Waals surface area contributed by atoms with Gasteiger partial charge in [0.05, 0.1) is 0 Å². The molecule has 0 amide bonds. The Balaban J connectivity index is 3.13. The van der Waals surface area contributed by atoms with Crippen molar-refractivity contribution in [3.63, 3.8) is 0 Å². The summed E-state index contributed by atoms with van der Waals surface area (Å²) in [6, 6.07) is 3.79. The van der Waals surface area contributed by atoms with Gasteiger partial charge in [0.25, 0.3) is 0 Å². The van der Waals surface area contributed by atoms with Crippen LogP contribution in [-0.4, -0.2) is 11.1 Å². The van der Waals surface area contributed by atoms with Crippen LogP contribution in [0.15, 0.2) is 23.8 Å². The van der Waals surface area contributed by atoms with Gasteiger partial charge in [-0.1, -0.05) is 11.6 Å². The summed E-state index contributed by atoms with van der Waals surface area (Å²) in [6.07, 6.45) is 1.33. The van der Waals surface area contributed by atoms with Crippen LogP contribution in [0.2, 0.25) is 5.02 Å². The maximum absolute atomic E-state index is 12.8. The van der Waals surface area contributed by atoms with Crippen LogP contribution >= 0.6 is 11.6 Å². The summed E-state index contributed by atoms with van der Waals surface area (Å²) in [4.78, 5) is 10.5. The molecule has 0 spiro atoms. The monoisotopic (exact) mass is 214 g/mol. The average molecular weight is 215 g/mol. The molecule has 0 atom stereocenters. The summed E-state index contributed by atoms with van der Waals surface area (Å²) < 4.78 is 12.8. The molecule has 1 rings (SSSR count). The standard InChI is InChI=1S/C10H8ClFO2/c1-6(10(13)14)4-7-5-8(12)2-3-9(7)11/h2-5H,1H3,(H,13,14)/b6-4-. The molecule has 0 aliphatic heterocycles. The number of halogens is 2. The second kappa shape index (κ2) is 4.24. The Morgan fingerprint density at radius 1 is 1.57 bits per heavy atom. The number of carboxylic acid groups (broad SMARTS) is 1. The predicted octanol–water partition coefficient (Wildman–Crippen LogP) is 2.97. The fourth-order valence-electron chi connectivity index (χ4n) is 0.920. The summed E-state index contributed by atoms with van der Waals surface area (Å²) >= 11 is 5.74. The number of carbonyl (C=O) groups is 1. The fraction of sp³-hybridized carbons (Fsp3) is 0.100. The van der Waals surface area contributed by atoms with E-state index in [1.807, 2.05) is 0 Å². The van der Waals surface area contributed by atoms with Gasteiger partial charge in [0.1, 0.15) is 5.82 Å². The number of benzene rings is 1. The van der Waals surface area contributed by atoms with E-state index >= 15 is 0 Å². The van der Waals surface area contributed by atoms with Gasteiger partial charge in [-0.05, 0) is 36.8 Å². The van der Waals surface area contributed by atoms with Crippen molar-refractivity contribution in [3.05, 3.63) is 40.2 Å². The van der Waals surface area contributed by atoms with E-state index in [9.17, 15) is 9.18 Å². The SMILES string of the molecule is C/C(=C/c1cc(F)ccc1Cl)C(=O)O. The molecule has 1 N–H and O–H groups in total. The number of carboxylic acids is 1. The summed E-state index contributed by atoms with van der Waals surface area (Å²) in [5, 5.41) is 8.92. The summed E-state index contributed by atoms with van der Waals surface area (Å²) in [7, 11) is 0. The third kappa shape index (κ3) is 2.57. The molecule has 0 saturated carbocycles. The van der Waals surface area contributed by atoms with E-state index < -0.39 is 11.8 Å². The van der Waals surface area contributed by atoms with Gasteiger partial charge in [-0.15, -0.1) is 0 Å². The first-order valence-corrected chi connectivity index (χ1v) is 4.25. The highest BCUT2D eigenvalue weighted by molar-refractivity contribution is 6.32. The van der Waals surface area contributed by atoms with Crippen LogP contribution in [0.1, 0.15) is 12.5 Å². The highest BCUT2D eigenvalue weighted by atomic mass is 35.5. The zero-order valence-electron chi connectivity index (χ0n) is 7.42. The van der Waals surface area contributed by atoms with Crippen molar-refractivity contribution in [1.29, 1.82) is 0 Å². The van der Waals surface area contributed by atoms with Crippen LogP contribution in [-0.2, 0) is 4.79 Å². The van der Waals surface area contributed by atoms with Gasteiger partial charge in [-0.3, -0.25) is 0 Å². The summed E-state index contributed by atoms with van der Waals surface area (Å²) in [5.41, 5.74) is 0.476. The Kier molecular flexibility index (Phi) is 3.25. The lowest BCUT2D eigenvalue weighted by Gasteiger charge is -1.99. The highest BCUT2D eigenvalue weighted by Crippen LogP contribution is 2.19. The zero-order valence-corrected chi connectivity index (χ0v) is 8.18. The molecule has 0 aromatic heterocycles. The molecule has 4 heteroatoms. The van der Waals surface area contributed by atoms with Crippen LogP contribution in [0.4, 0.5) is 4.39 Å².